The summed E-state index contributed by atoms with van der Waals surface area (Å²) in [5.41, 5.74) is 0. The Bertz CT molecular complexity index is 145. The Morgan fingerprint density at radius 1 is 1.00 bits per heavy atom. The van der Waals surface area contributed by atoms with E-state index in [4.69, 9.17) is 24.4 Å². The molecule has 4 heteroatoms. The molecule has 0 heterocycles. The summed E-state index contributed by atoms with van der Waals surface area (Å²) in [6, 6.07) is 0. The lowest BCUT2D eigenvalue weighted by atomic mass is 10.5. The van der Waals surface area contributed by atoms with E-state index in [0.717, 1.165) is 0 Å². The van der Waals surface area contributed by atoms with Crippen molar-refractivity contribution in [3.63, 3.8) is 0 Å². The Labute approximate surface area is 70.8 Å². The third-order valence-corrected chi connectivity index (χ3v) is 1.36. The molecule has 0 aromatic heterocycles. The van der Waals surface area contributed by atoms with Crippen LogP contribution in [0.25, 0.3) is 0 Å². The van der Waals surface area contributed by atoms with Crippen molar-refractivity contribution in [1.29, 1.82) is 0 Å². The smallest absolute Gasteiger partial charge is 0.183 e. The van der Waals surface area contributed by atoms with Gasteiger partial charge >= 0.3 is 0 Å². The van der Waals surface area contributed by atoms with Crippen molar-refractivity contribution in [2.75, 3.05) is 14.2 Å². The van der Waals surface area contributed by atoms with E-state index in [1.165, 1.54) is 14.2 Å². The molecule has 0 N–H and O–H groups in total. The maximum Gasteiger partial charge on any atom is 0.183 e. The third kappa shape index (κ3) is 4.40. The average Bonchev–Trinajstić information content (AvgIpc) is 1.99. The maximum atomic E-state index is 4.70. The molecule has 56 valence electrons. The first-order chi connectivity index (χ1) is 4.70. The van der Waals surface area contributed by atoms with Gasteiger partial charge in [0.15, 0.2) is 10.1 Å². The Balaban J connectivity index is 3.75. The van der Waals surface area contributed by atoms with Gasteiger partial charge in [-0.1, -0.05) is 0 Å². The van der Waals surface area contributed by atoms with Gasteiger partial charge in [-0.3, -0.25) is 0 Å². The summed E-state index contributed by atoms with van der Waals surface area (Å²) in [5, 5.41) is 0.777. The third-order valence-electron chi connectivity index (χ3n) is 0.758. The number of rotatable bonds is 2. The lowest BCUT2D eigenvalue weighted by Crippen LogP contribution is -1.95. The molecule has 0 saturated carbocycles. The Hall–Kier alpha value is -0.480. The first-order valence-corrected chi connectivity index (χ1v) is 3.36. The topological polar surface area (TPSA) is 18.5 Å². The highest BCUT2D eigenvalue weighted by atomic mass is 32.1. The molecule has 10 heavy (non-hydrogen) atoms. The molecule has 0 fully saturated rings. The molecule has 0 bridgehead atoms. The van der Waals surface area contributed by atoms with Crippen LogP contribution >= 0.6 is 24.4 Å². The summed E-state index contributed by atoms with van der Waals surface area (Å²) in [5.74, 6) is 0. The van der Waals surface area contributed by atoms with Gasteiger partial charge in [0.05, 0.1) is 14.2 Å². The van der Waals surface area contributed by atoms with Gasteiger partial charge in [-0.2, -0.15) is 0 Å². The predicted molar refractivity (Wildman–Crippen MR) is 48.4 cm³/mol. The standard InChI is InChI=1S/C6H8O2S2/c1-7-5(9)3-4-6(10)8-2/h3-4H,1-2H3. The van der Waals surface area contributed by atoms with Crippen LogP contribution in [0.1, 0.15) is 0 Å². The SMILES string of the molecule is COC(=S)C=CC(=S)OC. The molecular weight excluding hydrogens is 168 g/mol. The normalized spacial score (nSPS) is 9.40. The second-order valence-corrected chi connectivity index (χ2v) is 2.18. The van der Waals surface area contributed by atoms with Crippen LogP contribution in [0.4, 0.5) is 0 Å². The fraction of sp³-hybridized carbons (Fsp3) is 0.333. The predicted octanol–water partition coefficient (Wildman–Crippen LogP) is 1.49. The quantitative estimate of drug-likeness (QED) is 0.468. The molecule has 2 nitrogen and oxygen atoms in total. The van der Waals surface area contributed by atoms with Crippen LogP contribution in [0.15, 0.2) is 12.2 Å². The van der Waals surface area contributed by atoms with E-state index < -0.39 is 0 Å². The summed E-state index contributed by atoms with van der Waals surface area (Å²) in [6.07, 6.45) is 3.14. The average molecular weight is 176 g/mol. The molecule has 0 radical (unpaired) electrons. The van der Waals surface area contributed by atoms with E-state index in [1.807, 2.05) is 0 Å². The van der Waals surface area contributed by atoms with Crippen LogP contribution in [0.5, 0.6) is 0 Å². The summed E-state index contributed by atoms with van der Waals surface area (Å²) in [7, 11) is 3.01. The molecule has 0 aliphatic rings. The maximum absolute atomic E-state index is 4.70. The van der Waals surface area contributed by atoms with Gasteiger partial charge in [-0.25, -0.2) is 0 Å². The fourth-order valence-corrected chi connectivity index (χ4v) is 0.408. The molecule has 0 aromatic carbocycles. The zero-order valence-corrected chi connectivity index (χ0v) is 7.42. The van der Waals surface area contributed by atoms with Crippen LogP contribution in [-0.4, -0.2) is 24.3 Å². The highest BCUT2D eigenvalue weighted by Crippen LogP contribution is 1.86. The highest BCUT2D eigenvalue weighted by Gasteiger charge is 1.87. The van der Waals surface area contributed by atoms with Crippen LogP contribution < -0.4 is 0 Å². The Morgan fingerprint density at radius 3 is 1.50 bits per heavy atom. The van der Waals surface area contributed by atoms with E-state index >= 15 is 0 Å². The van der Waals surface area contributed by atoms with Crippen molar-refractivity contribution < 1.29 is 9.47 Å². The van der Waals surface area contributed by atoms with Gasteiger partial charge in [-0.05, 0) is 36.6 Å². The highest BCUT2D eigenvalue weighted by molar-refractivity contribution is 7.80. The van der Waals surface area contributed by atoms with Crippen molar-refractivity contribution in [3.05, 3.63) is 12.2 Å². The Morgan fingerprint density at radius 2 is 1.30 bits per heavy atom. The first kappa shape index (κ1) is 9.52. The van der Waals surface area contributed by atoms with Gasteiger partial charge in [0.2, 0.25) is 0 Å². The van der Waals surface area contributed by atoms with Crippen molar-refractivity contribution >= 4 is 34.5 Å². The monoisotopic (exact) mass is 176 g/mol. The molecule has 0 aliphatic heterocycles. The minimum Gasteiger partial charge on any atom is -0.487 e. The minimum atomic E-state index is 0.388. The number of thiocarbonyl (C=S) groups is 2. The first-order valence-electron chi connectivity index (χ1n) is 2.54. The van der Waals surface area contributed by atoms with Crippen molar-refractivity contribution in [3.8, 4) is 0 Å². The van der Waals surface area contributed by atoms with Crippen LogP contribution in [-0.2, 0) is 9.47 Å². The number of hydrogen-bond donors (Lipinski definition) is 0. The summed E-state index contributed by atoms with van der Waals surface area (Å²) < 4.78 is 9.35. The largest absolute Gasteiger partial charge is 0.487 e. The van der Waals surface area contributed by atoms with Crippen molar-refractivity contribution in [2.45, 2.75) is 0 Å². The molecule has 0 aliphatic carbocycles. The van der Waals surface area contributed by atoms with Crippen LogP contribution in [0.2, 0.25) is 0 Å². The molecule has 0 atom stereocenters. The van der Waals surface area contributed by atoms with Gasteiger partial charge in [0.1, 0.15) is 0 Å². The summed E-state index contributed by atoms with van der Waals surface area (Å²) >= 11 is 9.39. The number of ether oxygens (including phenoxy) is 2. The van der Waals surface area contributed by atoms with Gasteiger partial charge in [0, 0.05) is 0 Å². The van der Waals surface area contributed by atoms with Crippen molar-refractivity contribution in [2.24, 2.45) is 0 Å². The molecule has 0 rings (SSSR count). The van der Waals surface area contributed by atoms with Crippen LogP contribution in [0.3, 0.4) is 0 Å². The van der Waals surface area contributed by atoms with Gasteiger partial charge < -0.3 is 9.47 Å². The van der Waals surface area contributed by atoms with E-state index in [2.05, 4.69) is 9.47 Å². The Kier molecular flexibility index (Phi) is 5.06. The number of hydrogen-bond acceptors (Lipinski definition) is 4. The molecule has 0 amide bonds. The van der Waals surface area contributed by atoms with Gasteiger partial charge in [0.25, 0.3) is 0 Å². The number of methoxy groups -OCH3 is 2. The molecule has 0 unspecified atom stereocenters. The van der Waals surface area contributed by atoms with Crippen molar-refractivity contribution in [1.82, 2.24) is 0 Å². The molecular formula is C6H8O2S2. The molecule has 0 aromatic rings. The zero-order valence-electron chi connectivity index (χ0n) is 5.79. The van der Waals surface area contributed by atoms with Crippen LogP contribution in [0, 0.1) is 0 Å². The van der Waals surface area contributed by atoms with E-state index in [-0.39, 0.29) is 0 Å². The van der Waals surface area contributed by atoms with E-state index in [9.17, 15) is 0 Å². The molecule has 0 saturated heterocycles. The fourth-order valence-electron chi connectivity index (χ4n) is 0.272. The lowest BCUT2D eigenvalue weighted by Gasteiger charge is -1.94. The van der Waals surface area contributed by atoms with Gasteiger partial charge in [-0.15, -0.1) is 0 Å². The lowest BCUT2D eigenvalue weighted by molar-refractivity contribution is 0.414. The molecule has 0 spiro atoms. The minimum absolute atomic E-state index is 0.388. The zero-order chi connectivity index (χ0) is 7.98. The second-order valence-electron chi connectivity index (χ2n) is 1.38. The van der Waals surface area contributed by atoms with E-state index in [1.54, 1.807) is 12.2 Å². The summed E-state index contributed by atoms with van der Waals surface area (Å²) in [4.78, 5) is 0. The van der Waals surface area contributed by atoms with E-state index in [0.29, 0.717) is 10.1 Å². The second kappa shape index (κ2) is 5.32. The summed E-state index contributed by atoms with van der Waals surface area (Å²) in [6.45, 7) is 0.